The standard InChI is InChI=1S/C8H8F2O/c1-11-8-6(9)4-2-3-5-7(8)10/h2,4-5H,3H2,1H3. The van der Waals surface area contributed by atoms with E-state index in [9.17, 15) is 8.78 Å². The molecule has 0 N–H and O–H groups in total. The van der Waals surface area contributed by atoms with E-state index < -0.39 is 11.7 Å². The molecule has 0 aromatic heterocycles. The molecule has 1 nitrogen and oxygen atoms in total. The molecule has 1 aliphatic carbocycles. The maximum atomic E-state index is 12.8. The zero-order valence-corrected chi connectivity index (χ0v) is 6.10. The lowest BCUT2D eigenvalue weighted by molar-refractivity contribution is 0.270. The molecule has 3 heteroatoms. The number of allylic oxidation sites excluding steroid dienone is 5. The van der Waals surface area contributed by atoms with Gasteiger partial charge in [-0.1, -0.05) is 6.08 Å². The van der Waals surface area contributed by atoms with Crippen LogP contribution in [0.5, 0.6) is 0 Å². The molecule has 0 atom stereocenters. The molecule has 0 aliphatic heterocycles. The lowest BCUT2D eigenvalue weighted by Gasteiger charge is -2.01. The van der Waals surface area contributed by atoms with Crippen LogP contribution in [0.15, 0.2) is 35.6 Å². The molecule has 0 saturated carbocycles. The van der Waals surface area contributed by atoms with Gasteiger partial charge in [-0.15, -0.1) is 0 Å². The highest BCUT2D eigenvalue weighted by Crippen LogP contribution is 2.22. The first-order valence-corrected chi connectivity index (χ1v) is 3.22. The van der Waals surface area contributed by atoms with Gasteiger partial charge in [0.2, 0.25) is 0 Å². The van der Waals surface area contributed by atoms with Crippen LogP contribution in [0, 0.1) is 0 Å². The third kappa shape index (κ3) is 1.67. The number of rotatable bonds is 1. The fourth-order valence-corrected chi connectivity index (χ4v) is 0.820. The molecule has 11 heavy (non-hydrogen) atoms. The van der Waals surface area contributed by atoms with Gasteiger partial charge in [0.25, 0.3) is 0 Å². The van der Waals surface area contributed by atoms with Crippen LogP contribution in [0.2, 0.25) is 0 Å². The van der Waals surface area contributed by atoms with Crippen LogP contribution < -0.4 is 0 Å². The monoisotopic (exact) mass is 158 g/mol. The molecule has 0 aromatic rings. The maximum absolute atomic E-state index is 12.8. The highest BCUT2D eigenvalue weighted by atomic mass is 19.1. The molecule has 60 valence electrons. The summed E-state index contributed by atoms with van der Waals surface area (Å²) in [5.74, 6) is -1.63. The molecule has 0 heterocycles. The van der Waals surface area contributed by atoms with Gasteiger partial charge in [-0.2, -0.15) is 0 Å². The summed E-state index contributed by atoms with van der Waals surface area (Å²) in [6, 6.07) is 0. The van der Waals surface area contributed by atoms with E-state index in [2.05, 4.69) is 4.74 Å². The summed E-state index contributed by atoms with van der Waals surface area (Å²) in [4.78, 5) is 0. The number of methoxy groups -OCH3 is 1. The molecule has 0 spiro atoms. The largest absolute Gasteiger partial charge is 0.491 e. The Bertz CT molecular complexity index is 238. The minimum Gasteiger partial charge on any atom is -0.491 e. The van der Waals surface area contributed by atoms with Gasteiger partial charge in [-0.25, -0.2) is 8.78 Å². The third-order valence-corrected chi connectivity index (χ3v) is 1.34. The van der Waals surface area contributed by atoms with Gasteiger partial charge in [0.1, 0.15) is 0 Å². The molecular weight excluding hydrogens is 150 g/mol. The van der Waals surface area contributed by atoms with Crippen molar-refractivity contribution in [2.45, 2.75) is 6.42 Å². The Balaban J connectivity index is 3.02. The van der Waals surface area contributed by atoms with Crippen LogP contribution in [0.1, 0.15) is 6.42 Å². The second-order valence-electron chi connectivity index (χ2n) is 2.07. The van der Waals surface area contributed by atoms with Crippen molar-refractivity contribution in [3.05, 3.63) is 35.6 Å². The summed E-state index contributed by atoms with van der Waals surface area (Å²) in [6.45, 7) is 0. The number of ether oxygens (including phenoxy) is 1. The van der Waals surface area contributed by atoms with Crippen LogP contribution >= 0.6 is 0 Å². The van der Waals surface area contributed by atoms with Crippen molar-refractivity contribution in [1.29, 1.82) is 0 Å². The lowest BCUT2D eigenvalue weighted by Crippen LogP contribution is -1.89. The van der Waals surface area contributed by atoms with Crippen molar-refractivity contribution in [2.24, 2.45) is 0 Å². The number of hydrogen-bond acceptors (Lipinski definition) is 1. The van der Waals surface area contributed by atoms with Crippen LogP contribution in [0.4, 0.5) is 8.78 Å². The summed E-state index contributed by atoms with van der Waals surface area (Å²) < 4.78 is 30.0. The molecule has 0 unspecified atom stereocenters. The first-order valence-electron chi connectivity index (χ1n) is 3.22. The molecule has 0 amide bonds. The topological polar surface area (TPSA) is 9.23 Å². The second-order valence-corrected chi connectivity index (χ2v) is 2.07. The minimum atomic E-state index is -0.668. The van der Waals surface area contributed by atoms with Crippen LogP contribution in [-0.4, -0.2) is 7.11 Å². The Labute approximate surface area is 63.7 Å². The summed E-state index contributed by atoms with van der Waals surface area (Å²) in [7, 11) is 1.24. The number of halogens is 2. The Hall–Kier alpha value is -1.12. The van der Waals surface area contributed by atoms with Gasteiger partial charge in [-0.05, 0) is 18.6 Å². The Morgan fingerprint density at radius 1 is 1.45 bits per heavy atom. The first kappa shape index (κ1) is 7.98. The lowest BCUT2D eigenvalue weighted by atomic mass is 10.3. The third-order valence-electron chi connectivity index (χ3n) is 1.34. The Kier molecular flexibility index (Phi) is 2.41. The van der Waals surface area contributed by atoms with E-state index in [0.29, 0.717) is 6.42 Å². The van der Waals surface area contributed by atoms with Crippen LogP contribution in [0.3, 0.4) is 0 Å². The minimum absolute atomic E-state index is 0.321. The fourth-order valence-electron chi connectivity index (χ4n) is 0.820. The first-order chi connectivity index (χ1) is 5.25. The van der Waals surface area contributed by atoms with Crippen molar-refractivity contribution in [1.82, 2.24) is 0 Å². The summed E-state index contributed by atoms with van der Waals surface area (Å²) >= 11 is 0. The number of hydrogen-bond donors (Lipinski definition) is 0. The SMILES string of the molecule is COC1=C(F)C=CCC=C1F. The van der Waals surface area contributed by atoms with E-state index in [1.54, 1.807) is 0 Å². The predicted octanol–water partition coefficient (Wildman–Crippen LogP) is 2.63. The van der Waals surface area contributed by atoms with Gasteiger partial charge < -0.3 is 4.74 Å². The van der Waals surface area contributed by atoms with Gasteiger partial charge in [-0.3, -0.25) is 0 Å². The zero-order valence-electron chi connectivity index (χ0n) is 6.10. The average molecular weight is 158 g/mol. The van der Waals surface area contributed by atoms with Crippen molar-refractivity contribution in [2.75, 3.05) is 7.11 Å². The predicted molar refractivity (Wildman–Crippen MR) is 38.1 cm³/mol. The highest BCUT2D eigenvalue weighted by molar-refractivity contribution is 5.31. The molecular formula is C8H8F2O. The zero-order chi connectivity index (χ0) is 8.27. The van der Waals surface area contributed by atoms with E-state index in [1.165, 1.54) is 25.3 Å². The average Bonchev–Trinajstić information content (AvgIpc) is 2.12. The van der Waals surface area contributed by atoms with Crippen molar-refractivity contribution >= 4 is 0 Å². The van der Waals surface area contributed by atoms with Gasteiger partial charge in [0.15, 0.2) is 17.4 Å². The van der Waals surface area contributed by atoms with Crippen molar-refractivity contribution in [3.8, 4) is 0 Å². The summed E-state index contributed by atoms with van der Waals surface area (Å²) in [5.41, 5.74) is 0. The van der Waals surface area contributed by atoms with E-state index in [1.807, 2.05) is 0 Å². The van der Waals surface area contributed by atoms with Gasteiger partial charge >= 0.3 is 0 Å². The van der Waals surface area contributed by atoms with Crippen molar-refractivity contribution in [3.63, 3.8) is 0 Å². The van der Waals surface area contributed by atoms with Gasteiger partial charge in [0, 0.05) is 0 Å². The molecule has 1 rings (SSSR count). The maximum Gasteiger partial charge on any atom is 0.190 e. The summed E-state index contributed by atoms with van der Waals surface area (Å²) in [6.07, 6.45) is 4.39. The molecule has 0 radical (unpaired) electrons. The van der Waals surface area contributed by atoms with E-state index in [0.717, 1.165) is 0 Å². The van der Waals surface area contributed by atoms with Gasteiger partial charge in [0.05, 0.1) is 7.11 Å². The Morgan fingerprint density at radius 3 is 2.82 bits per heavy atom. The quantitative estimate of drug-likeness (QED) is 0.570. The Morgan fingerprint density at radius 2 is 2.18 bits per heavy atom. The van der Waals surface area contributed by atoms with E-state index >= 15 is 0 Å². The summed E-state index contributed by atoms with van der Waals surface area (Å²) in [5, 5.41) is 0. The molecule has 1 aliphatic rings. The normalized spacial score (nSPS) is 17.9. The molecule has 0 saturated heterocycles. The molecule has 0 aromatic carbocycles. The molecule has 0 fully saturated rings. The second kappa shape index (κ2) is 3.32. The van der Waals surface area contributed by atoms with Crippen LogP contribution in [0.25, 0.3) is 0 Å². The van der Waals surface area contributed by atoms with Crippen LogP contribution in [-0.2, 0) is 4.74 Å². The molecule has 0 bridgehead atoms. The van der Waals surface area contributed by atoms with E-state index in [-0.39, 0.29) is 5.76 Å². The fraction of sp³-hybridized carbons (Fsp3) is 0.250. The van der Waals surface area contributed by atoms with Crippen molar-refractivity contribution < 1.29 is 13.5 Å². The van der Waals surface area contributed by atoms with E-state index in [4.69, 9.17) is 0 Å². The smallest absolute Gasteiger partial charge is 0.190 e. The highest BCUT2D eigenvalue weighted by Gasteiger charge is 2.11.